The van der Waals surface area contributed by atoms with Crippen LogP contribution in [0.3, 0.4) is 0 Å². The standard InChI is InChI=1S/C23H24ClFN2O5/c1-12(28)13-5-7-18-15(10-13)20(21(23(2,3)32-18)31-19(29)8-9-26)27-22(30)14-4-6-17(25)16(24)11-14/h4-7,10-11,20-21H,8-9,26H2,1-3H3,(H,27,30)/t20-,21-/m0/s1. The number of esters is 1. The normalized spacial score (nSPS) is 18.8. The predicted octanol–water partition coefficient (Wildman–Crippen LogP) is 3.58. The molecule has 2 atom stereocenters. The summed E-state index contributed by atoms with van der Waals surface area (Å²) in [5.74, 6) is -1.50. The summed E-state index contributed by atoms with van der Waals surface area (Å²) in [7, 11) is 0. The topological polar surface area (TPSA) is 108 Å². The molecule has 32 heavy (non-hydrogen) atoms. The lowest BCUT2D eigenvalue weighted by Gasteiger charge is -2.44. The summed E-state index contributed by atoms with van der Waals surface area (Å²) in [6.07, 6.45) is -0.947. The SMILES string of the molecule is CC(=O)c1ccc2c(c1)[C@H](NC(=O)c1ccc(F)c(Cl)c1)[C@H](OC(=O)CCN)C(C)(C)O2. The lowest BCUT2D eigenvalue weighted by atomic mass is 9.85. The predicted molar refractivity (Wildman–Crippen MR) is 116 cm³/mol. The van der Waals surface area contributed by atoms with E-state index in [-0.39, 0.29) is 29.3 Å². The Morgan fingerprint density at radius 3 is 2.50 bits per heavy atom. The first-order chi connectivity index (χ1) is 15.0. The number of hydrogen-bond acceptors (Lipinski definition) is 6. The van der Waals surface area contributed by atoms with Crippen LogP contribution in [0.4, 0.5) is 4.39 Å². The summed E-state index contributed by atoms with van der Waals surface area (Å²) in [4.78, 5) is 37.2. The van der Waals surface area contributed by atoms with Gasteiger partial charge in [-0.3, -0.25) is 14.4 Å². The summed E-state index contributed by atoms with van der Waals surface area (Å²) < 4.78 is 25.3. The fourth-order valence-electron chi connectivity index (χ4n) is 3.55. The molecule has 3 rings (SSSR count). The highest BCUT2D eigenvalue weighted by atomic mass is 35.5. The van der Waals surface area contributed by atoms with Gasteiger partial charge in [-0.2, -0.15) is 0 Å². The van der Waals surface area contributed by atoms with Crippen molar-refractivity contribution in [2.45, 2.75) is 44.9 Å². The maximum atomic E-state index is 13.5. The molecule has 0 fully saturated rings. The number of ether oxygens (including phenoxy) is 2. The van der Waals surface area contributed by atoms with Crippen molar-refractivity contribution in [3.63, 3.8) is 0 Å². The van der Waals surface area contributed by atoms with Gasteiger partial charge in [0.25, 0.3) is 5.91 Å². The number of carbonyl (C=O) groups excluding carboxylic acids is 3. The van der Waals surface area contributed by atoms with Crippen molar-refractivity contribution in [1.29, 1.82) is 0 Å². The maximum absolute atomic E-state index is 13.5. The van der Waals surface area contributed by atoms with E-state index in [1.54, 1.807) is 32.0 Å². The quantitative estimate of drug-likeness (QED) is 0.501. The van der Waals surface area contributed by atoms with Crippen LogP contribution in [-0.2, 0) is 9.53 Å². The molecule has 1 heterocycles. The summed E-state index contributed by atoms with van der Waals surface area (Å²) >= 11 is 5.82. The molecule has 1 amide bonds. The zero-order chi connectivity index (χ0) is 23.6. The molecule has 0 saturated heterocycles. The average molecular weight is 463 g/mol. The van der Waals surface area contributed by atoms with E-state index in [1.165, 1.54) is 19.1 Å². The molecule has 1 aliphatic heterocycles. The Kier molecular flexibility index (Phi) is 6.85. The number of ketones is 1. The second-order valence-corrected chi connectivity index (χ2v) is 8.45. The van der Waals surface area contributed by atoms with Gasteiger partial charge in [0.2, 0.25) is 0 Å². The van der Waals surface area contributed by atoms with E-state index in [1.807, 2.05) is 0 Å². The number of fused-ring (bicyclic) bond motifs is 1. The summed E-state index contributed by atoms with van der Waals surface area (Å²) in [5, 5.41) is 2.64. The minimum absolute atomic E-state index is 0.0127. The van der Waals surface area contributed by atoms with Gasteiger partial charge >= 0.3 is 5.97 Å². The highest BCUT2D eigenvalue weighted by Gasteiger charge is 2.47. The van der Waals surface area contributed by atoms with Gasteiger partial charge in [-0.15, -0.1) is 0 Å². The number of benzene rings is 2. The summed E-state index contributed by atoms with van der Waals surface area (Å²) in [6, 6.07) is 7.59. The number of halogens is 2. The molecule has 0 aliphatic carbocycles. The van der Waals surface area contributed by atoms with Gasteiger partial charge < -0.3 is 20.5 Å². The smallest absolute Gasteiger partial charge is 0.307 e. The molecule has 0 spiro atoms. The molecule has 170 valence electrons. The van der Waals surface area contributed by atoms with Crippen LogP contribution in [-0.4, -0.2) is 35.9 Å². The van der Waals surface area contributed by atoms with E-state index in [0.29, 0.717) is 16.9 Å². The highest BCUT2D eigenvalue weighted by Crippen LogP contribution is 2.42. The zero-order valence-electron chi connectivity index (χ0n) is 17.9. The van der Waals surface area contributed by atoms with E-state index >= 15 is 0 Å². The van der Waals surface area contributed by atoms with Crippen molar-refractivity contribution in [2.75, 3.05) is 6.54 Å². The molecule has 9 heteroatoms. The highest BCUT2D eigenvalue weighted by molar-refractivity contribution is 6.31. The van der Waals surface area contributed by atoms with Crippen molar-refractivity contribution in [1.82, 2.24) is 5.32 Å². The number of hydrogen-bond donors (Lipinski definition) is 2. The number of rotatable bonds is 6. The fraction of sp³-hybridized carbons (Fsp3) is 0.348. The van der Waals surface area contributed by atoms with E-state index in [0.717, 1.165) is 6.07 Å². The molecule has 1 aliphatic rings. The number of nitrogens with two attached hydrogens (primary N) is 1. The van der Waals surface area contributed by atoms with Crippen LogP contribution in [0.5, 0.6) is 5.75 Å². The minimum Gasteiger partial charge on any atom is -0.484 e. The Labute approximate surface area is 190 Å². The van der Waals surface area contributed by atoms with Crippen LogP contribution in [0, 0.1) is 5.82 Å². The average Bonchev–Trinajstić information content (AvgIpc) is 2.72. The molecule has 0 aromatic heterocycles. The van der Waals surface area contributed by atoms with E-state index < -0.39 is 35.4 Å². The van der Waals surface area contributed by atoms with Crippen LogP contribution in [0.2, 0.25) is 5.02 Å². The lowest BCUT2D eigenvalue weighted by molar-refractivity contribution is -0.165. The Morgan fingerprint density at radius 1 is 1.19 bits per heavy atom. The monoisotopic (exact) mass is 462 g/mol. The molecule has 2 aromatic carbocycles. The van der Waals surface area contributed by atoms with Crippen molar-refractivity contribution >= 4 is 29.3 Å². The fourth-order valence-corrected chi connectivity index (χ4v) is 3.73. The number of Topliss-reactive ketones (excluding diaryl/α,β-unsaturated/α-hetero) is 1. The van der Waals surface area contributed by atoms with Gasteiger partial charge in [-0.05, 0) is 57.2 Å². The molecule has 7 nitrogen and oxygen atoms in total. The van der Waals surface area contributed by atoms with Crippen molar-refractivity contribution in [3.8, 4) is 5.75 Å². The first-order valence-corrected chi connectivity index (χ1v) is 10.4. The van der Waals surface area contributed by atoms with Gasteiger partial charge in [0, 0.05) is 23.2 Å². The second-order valence-electron chi connectivity index (χ2n) is 8.04. The largest absolute Gasteiger partial charge is 0.484 e. The molecular formula is C23H24ClFN2O5. The third-order valence-electron chi connectivity index (χ3n) is 5.19. The number of carbonyl (C=O) groups is 3. The van der Waals surface area contributed by atoms with E-state index in [9.17, 15) is 18.8 Å². The molecule has 0 saturated carbocycles. The van der Waals surface area contributed by atoms with Crippen LogP contribution in [0.25, 0.3) is 0 Å². The minimum atomic E-state index is -1.02. The molecular weight excluding hydrogens is 439 g/mol. The van der Waals surface area contributed by atoms with E-state index in [4.69, 9.17) is 26.8 Å². The van der Waals surface area contributed by atoms with Gasteiger partial charge in [0.05, 0.1) is 17.5 Å². The third-order valence-corrected chi connectivity index (χ3v) is 5.48. The molecule has 0 unspecified atom stereocenters. The van der Waals surface area contributed by atoms with Crippen LogP contribution >= 0.6 is 11.6 Å². The van der Waals surface area contributed by atoms with Crippen molar-refractivity contribution in [2.24, 2.45) is 5.73 Å². The van der Waals surface area contributed by atoms with Crippen LogP contribution in [0.15, 0.2) is 36.4 Å². The summed E-state index contributed by atoms with van der Waals surface area (Å²) in [5.41, 5.74) is 5.45. The maximum Gasteiger partial charge on any atom is 0.307 e. The molecule has 3 N–H and O–H groups in total. The Balaban J connectivity index is 2.05. The Bertz CT molecular complexity index is 1070. The summed E-state index contributed by atoms with van der Waals surface area (Å²) in [6.45, 7) is 4.97. The van der Waals surface area contributed by atoms with Crippen LogP contribution in [0.1, 0.15) is 59.5 Å². The molecule has 0 bridgehead atoms. The number of nitrogens with one attached hydrogen (secondary N) is 1. The zero-order valence-corrected chi connectivity index (χ0v) is 18.7. The van der Waals surface area contributed by atoms with Crippen LogP contribution < -0.4 is 15.8 Å². The van der Waals surface area contributed by atoms with Gasteiger partial charge in [0.15, 0.2) is 11.9 Å². The van der Waals surface area contributed by atoms with Gasteiger partial charge in [-0.25, -0.2) is 4.39 Å². The van der Waals surface area contributed by atoms with Gasteiger partial charge in [-0.1, -0.05) is 11.6 Å². The second kappa shape index (κ2) is 9.26. The number of amides is 1. The molecule has 0 radical (unpaired) electrons. The van der Waals surface area contributed by atoms with E-state index in [2.05, 4.69) is 5.32 Å². The third kappa shape index (κ3) is 4.92. The lowest BCUT2D eigenvalue weighted by Crippen LogP contribution is -2.55. The van der Waals surface area contributed by atoms with Crippen molar-refractivity contribution < 1.29 is 28.2 Å². The first kappa shape index (κ1) is 23.7. The van der Waals surface area contributed by atoms with Crippen molar-refractivity contribution in [3.05, 3.63) is 63.9 Å². The Hall–Kier alpha value is -2.97. The molecule has 2 aromatic rings. The Morgan fingerprint density at radius 2 is 1.88 bits per heavy atom. The van der Waals surface area contributed by atoms with Gasteiger partial charge in [0.1, 0.15) is 17.2 Å². The first-order valence-electron chi connectivity index (χ1n) is 10.0.